The molecule has 0 aromatic carbocycles. The van der Waals surface area contributed by atoms with E-state index in [1.165, 1.54) is 19.3 Å². The molecule has 0 bridgehead atoms. The van der Waals surface area contributed by atoms with Gasteiger partial charge in [0.15, 0.2) is 0 Å². The van der Waals surface area contributed by atoms with Crippen molar-refractivity contribution in [2.45, 2.75) is 156 Å². The lowest BCUT2D eigenvalue weighted by molar-refractivity contribution is -0.215. The number of fused-ring (bicyclic) bond motifs is 4. The average molecular weight is 662 g/mol. The molecule has 6 aliphatic rings. The van der Waals surface area contributed by atoms with Crippen LogP contribution in [0.5, 0.6) is 0 Å². The Hall–Kier alpha value is -1.42. The molecule has 0 aromatic rings. The van der Waals surface area contributed by atoms with Gasteiger partial charge >= 0.3 is 12.1 Å². The van der Waals surface area contributed by atoms with E-state index in [2.05, 4.69) is 34.6 Å². The van der Waals surface area contributed by atoms with Crippen molar-refractivity contribution in [1.82, 2.24) is 4.90 Å². The van der Waals surface area contributed by atoms with Gasteiger partial charge in [0.2, 0.25) is 0 Å². The van der Waals surface area contributed by atoms with Crippen LogP contribution < -0.4 is 0 Å². The van der Waals surface area contributed by atoms with E-state index in [9.17, 15) is 24.9 Å². The fourth-order valence-corrected chi connectivity index (χ4v) is 12.6. The minimum absolute atomic E-state index is 0.0432. The van der Waals surface area contributed by atoms with Crippen molar-refractivity contribution in [3.8, 4) is 0 Å². The summed E-state index contributed by atoms with van der Waals surface area (Å²) in [6, 6.07) is 0. The number of aliphatic hydroxyl groups excluding tert-OH is 1. The summed E-state index contributed by atoms with van der Waals surface area (Å²) in [5.74, 6) is -0.179. The zero-order valence-corrected chi connectivity index (χ0v) is 30.3. The van der Waals surface area contributed by atoms with Crippen molar-refractivity contribution in [3.63, 3.8) is 0 Å². The molecule has 13 unspecified atom stereocenters. The van der Waals surface area contributed by atoms with Gasteiger partial charge in [0, 0.05) is 25.1 Å². The highest BCUT2D eigenvalue weighted by Gasteiger charge is 2.81. The van der Waals surface area contributed by atoms with Crippen molar-refractivity contribution in [3.05, 3.63) is 0 Å². The number of rotatable bonds is 10. The molecule has 0 aromatic heterocycles. The molecule has 6 rings (SSSR count). The summed E-state index contributed by atoms with van der Waals surface area (Å²) in [5.41, 5.74) is -0.950. The van der Waals surface area contributed by atoms with Gasteiger partial charge in [-0.3, -0.25) is 4.79 Å². The molecule has 1 amide bonds. The Labute approximate surface area is 282 Å². The second kappa shape index (κ2) is 12.1. The Morgan fingerprint density at radius 1 is 1.13 bits per heavy atom. The highest BCUT2D eigenvalue weighted by Crippen LogP contribution is 2.86. The van der Waals surface area contributed by atoms with Crippen molar-refractivity contribution in [1.29, 1.82) is 0 Å². The highest BCUT2D eigenvalue weighted by atomic mass is 16.6. The molecule has 13 atom stereocenters. The summed E-state index contributed by atoms with van der Waals surface area (Å²) >= 11 is 0. The van der Waals surface area contributed by atoms with E-state index in [1.54, 1.807) is 18.7 Å². The molecule has 47 heavy (non-hydrogen) atoms. The van der Waals surface area contributed by atoms with E-state index in [0.717, 1.165) is 38.5 Å². The lowest BCUT2D eigenvalue weighted by Crippen LogP contribution is -2.56. The maximum absolute atomic E-state index is 13.1. The largest absolute Gasteiger partial charge is 0.481 e. The summed E-state index contributed by atoms with van der Waals surface area (Å²) in [6.07, 6.45) is 7.91. The molecule has 3 N–H and O–H groups in total. The molecule has 4 saturated carbocycles. The number of nitrogens with zero attached hydrogens (tertiary/aromatic N) is 1. The van der Waals surface area contributed by atoms with Crippen LogP contribution in [0.2, 0.25) is 0 Å². The van der Waals surface area contributed by atoms with Gasteiger partial charge in [0.25, 0.3) is 0 Å². The lowest BCUT2D eigenvalue weighted by atomic mass is 9.44. The van der Waals surface area contributed by atoms with Gasteiger partial charge in [-0.05, 0) is 118 Å². The third-order valence-electron chi connectivity index (χ3n) is 15.1. The second-order valence-corrected chi connectivity index (χ2v) is 18.1. The topological polar surface area (TPSA) is 126 Å². The zero-order chi connectivity index (χ0) is 34.3. The smallest absolute Gasteiger partial charge is 0.410 e. The molecule has 2 saturated heterocycles. The van der Waals surface area contributed by atoms with Crippen LogP contribution in [-0.4, -0.2) is 88.1 Å². The predicted octanol–water partition coefficient (Wildman–Crippen LogP) is 6.28. The van der Waals surface area contributed by atoms with Gasteiger partial charge in [-0.25, -0.2) is 4.79 Å². The van der Waals surface area contributed by atoms with Crippen LogP contribution in [0.4, 0.5) is 4.79 Å². The normalized spacial score (nSPS) is 45.4. The quantitative estimate of drug-likeness (QED) is 0.250. The van der Waals surface area contributed by atoms with Gasteiger partial charge in [-0.2, -0.15) is 0 Å². The number of aliphatic carboxylic acids is 1. The first-order chi connectivity index (χ1) is 22.0. The van der Waals surface area contributed by atoms with E-state index >= 15 is 0 Å². The van der Waals surface area contributed by atoms with Crippen LogP contribution in [0.15, 0.2) is 0 Å². The van der Waals surface area contributed by atoms with Gasteiger partial charge in [0.05, 0.1) is 29.8 Å². The molecule has 2 heterocycles. The number of likely N-dealkylation sites (tertiary alicyclic amines) is 1. The van der Waals surface area contributed by atoms with E-state index in [4.69, 9.17) is 14.2 Å². The summed E-state index contributed by atoms with van der Waals surface area (Å²) in [6.45, 7) is 18.1. The number of carbonyl (C=O) groups excluding carboxylic acids is 1. The fraction of sp³-hybridized carbons (Fsp3) is 0.947. The molecular formula is C38H63NO8. The Morgan fingerprint density at radius 3 is 2.47 bits per heavy atom. The Balaban J connectivity index is 1.19. The van der Waals surface area contributed by atoms with Crippen LogP contribution in [0.25, 0.3) is 0 Å². The highest BCUT2D eigenvalue weighted by molar-refractivity contribution is 5.74. The number of ether oxygens (including phenoxy) is 3. The Bertz CT molecular complexity index is 1200. The van der Waals surface area contributed by atoms with E-state index in [-0.39, 0.29) is 64.4 Å². The number of aliphatic hydroxyl groups is 2. The molecule has 4 aliphatic carbocycles. The summed E-state index contributed by atoms with van der Waals surface area (Å²) < 4.78 is 19.1. The molecule has 9 heteroatoms. The van der Waals surface area contributed by atoms with E-state index in [0.29, 0.717) is 31.4 Å². The van der Waals surface area contributed by atoms with Crippen molar-refractivity contribution < 1.29 is 39.1 Å². The average Bonchev–Trinajstić information content (AvgIpc) is 3.29. The van der Waals surface area contributed by atoms with Gasteiger partial charge in [-0.1, -0.05) is 41.0 Å². The third kappa shape index (κ3) is 5.38. The molecule has 0 radical (unpaired) electrons. The van der Waals surface area contributed by atoms with E-state index in [1.807, 2.05) is 6.92 Å². The predicted molar refractivity (Wildman–Crippen MR) is 178 cm³/mol. The summed E-state index contributed by atoms with van der Waals surface area (Å²) in [4.78, 5) is 26.1. The molecule has 6 fully saturated rings. The number of hydrogen-bond acceptors (Lipinski definition) is 7. The summed E-state index contributed by atoms with van der Waals surface area (Å²) in [7, 11) is 0. The number of amides is 1. The first-order valence-corrected chi connectivity index (χ1v) is 18.8. The molecule has 1 spiro atoms. The van der Waals surface area contributed by atoms with Crippen LogP contribution >= 0.6 is 0 Å². The first kappa shape index (κ1) is 35.4. The molecule has 268 valence electrons. The minimum atomic E-state index is -1.05. The number of carbonyl (C=O) groups is 2. The second-order valence-electron chi connectivity index (χ2n) is 18.1. The van der Waals surface area contributed by atoms with Gasteiger partial charge in [0.1, 0.15) is 12.2 Å². The van der Waals surface area contributed by atoms with Crippen LogP contribution in [0, 0.1) is 51.2 Å². The van der Waals surface area contributed by atoms with Crippen LogP contribution in [-0.2, 0) is 19.0 Å². The van der Waals surface area contributed by atoms with Gasteiger partial charge < -0.3 is 34.4 Å². The van der Waals surface area contributed by atoms with Crippen molar-refractivity contribution >= 4 is 12.1 Å². The number of carboxylic acids is 1. The van der Waals surface area contributed by atoms with Crippen LogP contribution in [0.1, 0.15) is 120 Å². The first-order valence-electron chi connectivity index (χ1n) is 18.8. The van der Waals surface area contributed by atoms with Crippen LogP contribution in [0.3, 0.4) is 0 Å². The maximum Gasteiger partial charge on any atom is 0.410 e. The monoisotopic (exact) mass is 661 g/mol. The maximum atomic E-state index is 13.1. The van der Waals surface area contributed by atoms with Crippen molar-refractivity contribution in [2.24, 2.45) is 51.2 Å². The molecular weight excluding hydrogens is 598 g/mol. The zero-order valence-electron chi connectivity index (χ0n) is 30.3. The number of carboxylic acid groups (broad SMARTS) is 1. The SMILES string of the molecule is CCOC(C1CC(C)C2C(O1)C(O)C1(C)C3CCCC4(CCC(OC(=O)N5CCC(C(=O)O)C5)C(C)C)CC34CCC21C)C(C)(C)O. The standard InChI is InChI=1S/C38H63NO8/c1-9-45-31(34(5,6)44)26-19-23(4)28-29(46-26)30(40)36(8)27-11-10-14-37(21-38(27,37)17-16-35(28,36)7)15-12-25(22(2)3)47-33(43)39-18-13-24(20-39)32(41)42/h22-31,40,44H,9-21H2,1-8H3,(H,41,42). The van der Waals surface area contributed by atoms with Crippen molar-refractivity contribution in [2.75, 3.05) is 19.7 Å². The fourth-order valence-electron chi connectivity index (χ4n) is 12.6. The lowest BCUT2D eigenvalue weighted by Gasteiger charge is -2.60. The molecule has 9 nitrogen and oxygen atoms in total. The van der Waals surface area contributed by atoms with E-state index < -0.39 is 29.7 Å². The third-order valence-corrected chi connectivity index (χ3v) is 15.1. The Kier molecular flexibility index (Phi) is 9.13. The Morgan fingerprint density at radius 2 is 1.85 bits per heavy atom. The summed E-state index contributed by atoms with van der Waals surface area (Å²) in [5, 5.41) is 32.9. The molecule has 2 aliphatic heterocycles. The van der Waals surface area contributed by atoms with Gasteiger partial charge in [-0.15, -0.1) is 0 Å². The number of hydrogen-bond donors (Lipinski definition) is 3. The minimum Gasteiger partial charge on any atom is -0.481 e.